The summed E-state index contributed by atoms with van der Waals surface area (Å²) in [4.78, 5) is 21.2. The standard InChI is InChI=1S/C19H15Cl2F2N3O3/c1-24-10-26(17-13(20)7-25-8-14(17)21)18(27)12-4-5-15(29-19(22)23)16(6-12)28-9-11-2-3-11/h4-8,11,19H,2-3,9-10H2. The Morgan fingerprint density at radius 1 is 1.28 bits per heavy atom. The molecule has 1 aromatic heterocycles. The highest BCUT2D eigenvalue weighted by Crippen LogP contribution is 2.36. The van der Waals surface area contributed by atoms with E-state index < -0.39 is 12.5 Å². The van der Waals surface area contributed by atoms with Gasteiger partial charge in [0.1, 0.15) is 0 Å². The van der Waals surface area contributed by atoms with E-state index in [2.05, 4.69) is 14.6 Å². The van der Waals surface area contributed by atoms with Gasteiger partial charge >= 0.3 is 6.61 Å². The van der Waals surface area contributed by atoms with Crippen molar-refractivity contribution in [3.63, 3.8) is 0 Å². The summed E-state index contributed by atoms with van der Waals surface area (Å²) >= 11 is 12.3. The van der Waals surface area contributed by atoms with E-state index in [-0.39, 0.29) is 39.5 Å². The molecule has 1 amide bonds. The lowest BCUT2D eigenvalue weighted by Gasteiger charge is -2.20. The Balaban J connectivity index is 1.94. The smallest absolute Gasteiger partial charge is 0.387 e. The van der Waals surface area contributed by atoms with Crippen LogP contribution < -0.4 is 14.4 Å². The summed E-state index contributed by atoms with van der Waals surface area (Å²) in [5.74, 6) is -0.385. The Morgan fingerprint density at radius 3 is 2.55 bits per heavy atom. The van der Waals surface area contributed by atoms with E-state index in [4.69, 9.17) is 34.5 Å². The Hall–Kier alpha value is -2.63. The van der Waals surface area contributed by atoms with Crippen molar-refractivity contribution in [2.24, 2.45) is 5.92 Å². The number of carbonyl (C=O) groups excluding carboxylic acids is 1. The van der Waals surface area contributed by atoms with Gasteiger partial charge in [0.25, 0.3) is 12.6 Å². The molecule has 1 fully saturated rings. The number of rotatable bonds is 8. The van der Waals surface area contributed by atoms with Crippen LogP contribution >= 0.6 is 23.2 Å². The SMILES string of the molecule is [C-]#[N+]CN(C(=O)c1ccc(OC(F)F)c(OCC2CC2)c1)c1c(Cl)cncc1Cl. The Morgan fingerprint density at radius 2 is 1.97 bits per heavy atom. The second-order valence-corrected chi connectivity index (χ2v) is 7.09. The number of nitrogens with zero attached hydrogens (tertiary/aromatic N) is 3. The summed E-state index contributed by atoms with van der Waals surface area (Å²) in [6, 6.07) is 3.85. The molecule has 1 heterocycles. The number of anilines is 1. The van der Waals surface area contributed by atoms with Crippen molar-refractivity contribution in [3.05, 3.63) is 57.6 Å². The highest BCUT2D eigenvalue weighted by atomic mass is 35.5. The van der Waals surface area contributed by atoms with Gasteiger partial charge in [-0.2, -0.15) is 8.78 Å². The summed E-state index contributed by atoms with van der Waals surface area (Å²) in [7, 11) is 0. The predicted octanol–water partition coefficient (Wildman–Crippen LogP) is 5.30. The highest BCUT2D eigenvalue weighted by Gasteiger charge is 2.27. The van der Waals surface area contributed by atoms with E-state index in [0.29, 0.717) is 12.5 Å². The summed E-state index contributed by atoms with van der Waals surface area (Å²) in [6.45, 7) is 4.11. The maximum absolute atomic E-state index is 13.1. The molecule has 2 aromatic rings. The van der Waals surface area contributed by atoms with Crippen molar-refractivity contribution in [3.8, 4) is 11.5 Å². The Kier molecular flexibility index (Phi) is 6.72. The van der Waals surface area contributed by atoms with E-state index in [1.165, 1.54) is 30.6 Å². The molecule has 0 radical (unpaired) electrons. The van der Waals surface area contributed by atoms with E-state index in [9.17, 15) is 13.6 Å². The van der Waals surface area contributed by atoms with Gasteiger partial charge in [-0.3, -0.25) is 14.6 Å². The normalized spacial score (nSPS) is 13.1. The van der Waals surface area contributed by atoms with Crippen LogP contribution in [0.5, 0.6) is 11.5 Å². The van der Waals surface area contributed by atoms with Gasteiger partial charge in [-0.15, -0.1) is 0 Å². The zero-order valence-electron chi connectivity index (χ0n) is 14.9. The van der Waals surface area contributed by atoms with E-state index >= 15 is 0 Å². The molecule has 1 aliphatic rings. The van der Waals surface area contributed by atoms with Gasteiger partial charge in [-0.1, -0.05) is 23.2 Å². The molecular formula is C19H15Cl2F2N3O3. The zero-order valence-corrected chi connectivity index (χ0v) is 16.5. The van der Waals surface area contributed by atoms with Crippen molar-refractivity contribution in [2.75, 3.05) is 18.2 Å². The topological polar surface area (TPSA) is 56.0 Å². The minimum absolute atomic E-state index is 0.0257. The van der Waals surface area contributed by atoms with Crippen molar-refractivity contribution in [1.82, 2.24) is 4.98 Å². The third-order valence-corrected chi connectivity index (χ3v) is 4.69. The van der Waals surface area contributed by atoms with Crippen molar-refractivity contribution in [2.45, 2.75) is 19.5 Å². The summed E-state index contributed by atoms with van der Waals surface area (Å²) in [5.41, 5.74) is 0.239. The van der Waals surface area contributed by atoms with Crippen LogP contribution in [0, 0.1) is 12.5 Å². The molecule has 1 aliphatic carbocycles. The summed E-state index contributed by atoms with van der Waals surface area (Å²) in [5, 5.41) is 0.190. The number of carbonyl (C=O) groups is 1. The summed E-state index contributed by atoms with van der Waals surface area (Å²) < 4.78 is 35.5. The number of alkyl halides is 2. The molecule has 0 unspecified atom stereocenters. The first-order chi connectivity index (χ1) is 13.9. The van der Waals surface area contributed by atoms with E-state index in [1.807, 2.05) is 0 Å². The minimum atomic E-state index is -3.03. The fraction of sp³-hybridized carbons (Fsp3) is 0.316. The first-order valence-corrected chi connectivity index (χ1v) is 9.32. The average molecular weight is 442 g/mol. The van der Waals surface area contributed by atoms with Gasteiger partial charge in [-0.05, 0) is 37.0 Å². The number of aromatic nitrogens is 1. The molecule has 152 valence electrons. The zero-order chi connectivity index (χ0) is 21.0. The second-order valence-electron chi connectivity index (χ2n) is 6.28. The average Bonchev–Trinajstić information content (AvgIpc) is 3.50. The molecule has 1 aromatic carbocycles. The maximum Gasteiger partial charge on any atom is 0.387 e. The predicted molar refractivity (Wildman–Crippen MR) is 104 cm³/mol. The molecule has 10 heteroatoms. The molecule has 0 N–H and O–H groups in total. The van der Waals surface area contributed by atoms with Crippen LogP contribution in [-0.4, -0.2) is 30.8 Å². The molecule has 0 saturated heterocycles. The molecule has 1 saturated carbocycles. The van der Waals surface area contributed by atoms with Crippen LogP contribution in [0.1, 0.15) is 23.2 Å². The maximum atomic E-state index is 13.1. The van der Waals surface area contributed by atoms with Crippen LogP contribution in [0.15, 0.2) is 30.6 Å². The molecular weight excluding hydrogens is 427 g/mol. The van der Waals surface area contributed by atoms with Gasteiger partial charge in [0, 0.05) is 18.0 Å². The van der Waals surface area contributed by atoms with Gasteiger partial charge in [0.05, 0.1) is 22.3 Å². The lowest BCUT2D eigenvalue weighted by molar-refractivity contribution is -0.0515. The van der Waals surface area contributed by atoms with Crippen LogP contribution in [-0.2, 0) is 0 Å². The molecule has 0 aliphatic heterocycles. The van der Waals surface area contributed by atoms with Crippen molar-refractivity contribution >= 4 is 34.8 Å². The number of halogens is 4. The van der Waals surface area contributed by atoms with Gasteiger partial charge in [0.2, 0.25) is 0 Å². The van der Waals surface area contributed by atoms with Crippen LogP contribution in [0.4, 0.5) is 14.5 Å². The van der Waals surface area contributed by atoms with E-state index in [0.717, 1.165) is 17.7 Å². The highest BCUT2D eigenvalue weighted by molar-refractivity contribution is 6.40. The number of hydrogen-bond donors (Lipinski definition) is 0. The third kappa shape index (κ3) is 5.25. The molecule has 6 nitrogen and oxygen atoms in total. The summed E-state index contributed by atoms with van der Waals surface area (Å²) in [6.07, 6.45) is 4.61. The Bertz CT molecular complexity index is 929. The molecule has 0 spiro atoms. The molecule has 0 bridgehead atoms. The largest absolute Gasteiger partial charge is 0.489 e. The Labute approximate surface area is 175 Å². The fourth-order valence-corrected chi connectivity index (χ4v) is 3.13. The first-order valence-electron chi connectivity index (χ1n) is 8.56. The van der Waals surface area contributed by atoms with Crippen LogP contribution in [0.3, 0.4) is 0 Å². The number of hydrogen-bond acceptors (Lipinski definition) is 4. The number of amides is 1. The van der Waals surface area contributed by atoms with Gasteiger partial charge in [-0.25, -0.2) is 11.5 Å². The fourth-order valence-electron chi connectivity index (χ4n) is 2.56. The molecule has 3 rings (SSSR count). The van der Waals surface area contributed by atoms with Crippen LogP contribution in [0.25, 0.3) is 4.85 Å². The number of benzene rings is 1. The van der Waals surface area contributed by atoms with Crippen molar-refractivity contribution in [1.29, 1.82) is 0 Å². The van der Waals surface area contributed by atoms with Gasteiger partial charge in [0.15, 0.2) is 11.5 Å². The quantitative estimate of drug-likeness (QED) is 0.521. The van der Waals surface area contributed by atoms with Crippen LogP contribution in [0.2, 0.25) is 10.0 Å². The third-order valence-electron chi connectivity index (χ3n) is 4.13. The monoisotopic (exact) mass is 441 g/mol. The molecule has 29 heavy (non-hydrogen) atoms. The molecule has 0 atom stereocenters. The minimum Gasteiger partial charge on any atom is -0.489 e. The van der Waals surface area contributed by atoms with Crippen molar-refractivity contribution < 1.29 is 23.0 Å². The lowest BCUT2D eigenvalue weighted by Crippen LogP contribution is -2.31. The number of pyridine rings is 1. The first kappa shape index (κ1) is 21.1. The lowest BCUT2D eigenvalue weighted by atomic mass is 10.1. The second kappa shape index (κ2) is 9.25. The van der Waals surface area contributed by atoms with Gasteiger partial charge < -0.3 is 9.47 Å². The number of ether oxygens (including phenoxy) is 2. The van der Waals surface area contributed by atoms with E-state index in [1.54, 1.807) is 0 Å².